The summed E-state index contributed by atoms with van der Waals surface area (Å²) in [5.41, 5.74) is 0.699. The molecule has 1 aromatic rings. The number of nitrogens with zero attached hydrogens (tertiary/aromatic N) is 2. The van der Waals surface area contributed by atoms with Gasteiger partial charge in [0.2, 0.25) is 5.91 Å². The molecule has 0 aromatic carbocycles. The van der Waals surface area contributed by atoms with E-state index in [0.29, 0.717) is 5.69 Å². The Morgan fingerprint density at radius 3 is 2.54 bits per heavy atom. The topological polar surface area (TPSA) is 64.1 Å². The van der Waals surface area contributed by atoms with Gasteiger partial charge in [-0.15, -0.1) is 16.9 Å². The molecule has 1 heterocycles. The second-order valence-corrected chi connectivity index (χ2v) is 19.4. The Hall–Kier alpha value is -0.706. The predicted octanol–water partition coefficient (Wildman–Crippen LogP) is 3.67. The van der Waals surface area contributed by atoms with E-state index in [1.165, 1.54) is 25.3 Å². The minimum Gasteiger partial charge on any atom is -0.420 e. The minimum atomic E-state index is -1.72. The summed E-state index contributed by atoms with van der Waals surface area (Å²) in [5.74, 6) is 0.929. The van der Waals surface area contributed by atoms with Crippen molar-refractivity contribution in [2.75, 3.05) is 18.7 Å². The third-order valence-corrected chi connectivity index (χ3v) is 12.5. The van der Waals surface area contributed by atoms with Crippen LogP contribution in [0.1, 0.15) is 25.0 Å². The molecule has 26 heavy (non-hydrogen) atoms. The SMILES string of the molecule is CNC(=O)Cc1ccc(SC[Si](C)(C)OC[Si](C)(C)CC2CCC2)nn1. The molecule has 1 fully saturated rings. The second kappa shape index (κ2) is 9.48. The second-order valence-electron chi connectivity index (χ2n) is 8.72. The predicted molar refractivity (Wildman–Crippen MR) is 114 cm³/mol. The van der Waals surface area contributed by atoms with Crippen molar-refractivity contribution in [3.63, 3.8) is 0 Å². The molecule has 0 saturated heterocycles. The highest BCUT2D eigenvalue weighted by molar-refractivity contribution is 8.00. The van der Waals surface area contributed by atoms with E-state index in [0.717, 1.165) is 22.6 Å². The van der Waals surface area contributed by atoms with Gasteiger partial charge in [0.15, 0.2) is 8.32 Å². The van der Waals surface area contributed by atoms with E-state index in [1.54, 1.807) is 18.8 Å². The molecule has 146 valence electrons. The van der Waals surface area contributed by atoms with Crippen LogP contribution in [-0.4, -0.2) is 51.1 Å². The summed E-state index contributed by atoms with van der Waals surface area (Å²) in [4.78, 5) is 11.4. The van der Waals surface area contributed by atoms with Gasteiger partial charge in [-0.1, -0.05) is 38.4 Å². The van der Waals surface area contributed by atoms with Crippen molar-refractivity contribution in [2.45, 2.75) is 62.9 Å². The van der Waals surface area contributed by atoms with Crippen LogP contribution in [0.5, 0.6) is 0 Å². The molecule has 0 aliphatic heterocycles. The molecule has 5 nitrogen and oxygen atoms in total. The van der Waals surface area contributed by atoms with Gasteiger partial charge in [0.05, 0.1) is 20.2 Å². The van der Waals surface area contributed by atoms with E-state index in [1.807, 2.05) is 12.1 Å². The highest BCUT2D eigenvalue weighted by Gasteiger charge is 2.32. The summed E-state index contributed by atoms with van der Waals surface area (Å²) in [6.07, 6.45) is 5.55. The Morgan fingerprint density at radius 1 is 1.27 bits per heavy atom. The van der Waals surface area contributed by atoms with E-state index in [-0.39, 0.29) is 12.3 Å². The molecular formula is C18H33N3O2SSi2. The van der Waals surface area contributed by atoms with Crippen molar-refractivity contribution < 1.29 is 9.22 Å². The zero-order valence-corrected chi connectivity index (χ0v) is 19.6. The van der Waals surface area contributed by atoms with E-state index in [4.69, 9.17) is 4.43 Å². The highest BCUT2D eigenvalue weighted by atomic mass is 32.2. The number of carbonyl (C=O) groups is 1. The number of hydrogen-bond acceptors (Lipinski definition) is 5. The summed E-state index contributed by atoms with van der Waals surface area (Å²) in [5, 5.41) is 12.9. The number of likely N-dealkylation sites (N-methyl/N-ethyl adjacent to an activating group) is 1. The lowest BCUT2D eigenvalue weighted by Gasteiger charge is -2.35. The largest absolute Gasteiger partial charge is 0.420 e. The van der Waals surface area contributed by atoms with Crippen molar-refractivity contribution in [3.8, 4) is 0 Å². The molecule has 1 N–H and O–H groups in total. The average Bonchev–Trinajstić information content (AvgIpc) is 2.56. The van der Waals surface area contributed by atoms with Crippen LogP contribution in [0.4, 0.5) is 0 Å². The zero-order chi connectivity index (χ0) is 19.2. The average molecular weight is 412 g/mol. The van der Waals surface area contributed by atoms with Gasteiger partial charge in [-0.05, 0) is 31.1 Å². The first-order chi connectivity index (χ1) is 12.2. The van der Waals surface area contributed by atoms with Gasteiger partial charge in [0.25, 0.3) is 0 Å². The van der Waals surface area contributed by atoms with Gasteiger partial charge >= 0.3 is 0 Å². The maximum atomic E-state index is 11.4. The van der Waals surface area contributed by atoms with Crippen LogP contribution in [0, 0.1) is 5.92 Å². The first-order valence-corrected chi connectivity index (χ1v) is 17.0. The summed E-state index contributed by atoms with van der Waals surface area (Å²) < 4.78 is 6.46. The molecule has 0 unspecified atom stereocenters. The van der Waals surface area contributed by atoms with Crippen molar-refractivity contribution in [1.29, 1.82) is 0 Å². The molecule has 1 saturated carbocycles. The van der Waals surface area contributed by atoms with Gasteiger partial charge in [-0.25, -0.2) is 0 Å². The maximum Gasteiger partial charge on any atom is 0.225 e. The number of aromatic nitrogens is 2. The number of rotatable bonds is 10. The molecule has 1 amide bonds. The fourth-order valence-corrected chi connectivity index (χ4v) is 10.8. The Kier molecular flexibility index (Phi) is 7.87. The van der Waals surface area contributed by atoms with E-state index >= 15 is 0 Å². The number of nitrogens with one attached hydrogen (secondary N) is 1. The quantitative estimate of drug-likeness (QED) is 0.470. The van der Waals surface area contributed by atoms with Gasteiger partial charge in [-0.3, -0.25) is 4.79 Å². The number of thioether (sulfide) groups is 1. The zero-order valence-electron chi connectivity index (χ0n) is 16.8. The molecule has 0 bridgehead atoms. The molecule has 1 aromatic heterocycles. The summed E-state index contributed by atoms with van der Waals surface area (Å²) in [6.45, 7) is 9.53. The van der Waals surface area contributed by atoms with Crippen molar-refractivity contribution in [1.82, 2.24) is 15.5 Å². The van der Waals surface area contributed by atoms with Gasteiger partial charge < -0.3 is 9.74 Å². The molecular weight excluding hydrogens is 378 g/mol. The Labute approximate surface area is 164 Å². The van der Waals surface area contributed by atoms with E-state index < -0.39 is 16.4 Å². The Morgan fingerprint density at radius 2 is 2.00 bits per heavy atom. The summed E-state index contributed by atoms with van der Waals surface area (Å²) in [6, 6.07) is 5.26. The molecule has 1 aliphatic carbocycles. The van der Waals surface area contributed by atoms with Crippen molar-refractivity contribution in [3.05, 3.63) is 17.8 Å². The van der Waals surface area contributed by atoms with Crippen LogP contribution in [0.15, 0.2) is 17.2 Å². The molecule has 2 rings (SSSR count). The maximum absolute atomic E-state index is 11.4. The van der Waals surface area contributed by atoms with E-state index in [2.05, 4.69) is 41.7 Å². The van der Waals surface area contributed by atoms with Crippen LogP contribution >= 0.6 is 11.8 Å². The van der Waals surface area contributed by atoms with Gasteiger partial charge in [-0.2, -0.15) is 5.10 Å². The third kappa shape index (κ3) is 7.50. The highest BCUT2D eigenvalue weighted by Crippen LogP contribution is 2.34. The van der Waals surface area contributed by atoms with Crippen LogP contribution in [0.25, 0.3) is 0 Å². The first-order valence-electron chi connectivity index (χ1n) is 9.49. The number of hydrogen-bond donors (Lipinski definition) is 1. The Bertz CT molecular complexity index is 593. The minimum absolute atomic E-state index is 0.0460. The summed E-state index contributed by atoms with van der Waals surface area (Å²) in [7, 11) is -1.33. The van der Waals surface area contributed by atoms with Crippen molar-refractivity contribution in [2.24, 2.45) is 5.92 Å². The number of carbonyl (C=O) groups excluding carboxylic acids is 1. The summed E-state index contributed by atoms with van der Waals surface area (Å²) >= 11 is 1.72. The fourth-order valence-electron chi connectivity index (χ4n) is 2.99. The van der Waals surface area contributed by atoms with Crippen LogP contribution in [-0.2, 0) is 15.6 Å². The standard InChI is InChI=1S/C18H33N3O2SSi2/c1-19-17(22)11-16-9-10-18(21-20-16)24-14-26(4,5)23-13-25(2,3)12-15-7-6-8-15/h9-10,15H,6-8,11-14H2,1-5H3,(H,19,22). The van der Waals surface area contributed by atoms with Crippen LogP contribution in [0.2, 0.25) is 32.2 Å². The van der Waals surface area contributed by atoms with Crippen molar-refractivity contribution >= 4 is 34.1 Å². The smallest absolute Gasteiger partial charge is 0.225 e. The molecule has 0 radical (unpaired) electrons. The Balaban J connectivity index is 1.76. The molecule has 0 atom stereocenters. The third-order valence-electron chi connectivity index (χ3n) is 4.80. The molecule has 8 heteroatoms. The monoisotopic (exact) mass is 411 g/mol. The molecule has 0 spiro atoms. The lowest BCUT2D eigenvalue weighted by Crippen LogP contribution is -2.44. The first kappa shape index (κ1) is 21.6. The lowest BCUT2D eigenvalue weighted by atomic mass is 9.87. The number of amides is 1. The fraction of sp³-hybridized carbons (Fsp3) is 0.722. The normalized spacial score (nSPS) is 15.6. The molecule has 1 aliphatic rings. The van der Waals surface area contributed by atoms with Crippen LogP contribution in [0.3, 0.4) is 0 Å². The lowest BCUT2D eigenvalue weighted by molar-refractivity contribution is -0.120. The van der Waals surface area contributed by atoms with Crippen LogP contribution < -0.4 is 5.32 Å². The van der Waals surface area contributed by atoms with Gasteiger partial charge in [0.1, 0.15) is 5.03 Å². The van der Waals surface area contributed by atoms with Gasteiger partial charge in [0, 0.05) is 18.7 Å². The van der Waals surface area contributed by atoms with E-state index in [9.17, 15) is 4.79 Å².